The Labute approximate surface area is 237 Å². The highest BCUT2D eigenvalue weighted by molar-refractivity contribution is 8.00. The third-order valence-corrected chi connectivity index (χ3v) is 8.50. The molecule has 3 aromatic rings. The van der Waals surface area contributed by atoms with Crippen LogP contribution >= 0.6 is 23.1 Å². The third kappa shape index (κ3) is 5.18. The Balaban J connectivity index is 1.34. The van der Waals surface area contributed by atoms with E-state index in [1.54, 1.807) is 0 Å². The normalized spacial score (nSPS) is 17.9. The van der Waals surface area contributed by atoms with Crippen molar-refractivity contribution >= 4 is 58.2 Å². The Morgan fingerprint density at radius 2 is 1.73 bits per heavy atom. The van der Waals surface area contributed by atoms with Crippen LogP contribution in [0.1, 0.15) is 26.9 Å². The molecule has 40 heavy (non-hydrogen) atoms. The number of benzene rings is 2. The van der Waals surface area contributed by atoms with Crippen molar-refractivity contribution in [2.45, 2.75) is 17.5 Å². The molecule has 0 aliphatic carbocycles. The number of hydrogen-bond acceptors (Lipinski definition) is 9. The van der Waals surface area contributed by atoms with Gasteiger partial charge in [-0.1, -0.05) is 84.7 Å². The van der Waals surface area contributed by atoms with Gasteiger partial charge in [0.15, 0.2) is 11.2 Å². The highest BCUT2D eigenvalue weighted by Gasteiger charge is 2.54. The molecule has 2 atom stereocenters. The first-order chi connectivity index (χ1) is 19.4. The number of ether oxygens (including phenoxy) is 1. The number of nitrogens with one attached hydrogen (secondary N) is 2. The molecule has 2 N–H and O–H groups in total. The summed E-state index contributed by atoms with van der Waals surface area (Å²) in [5.74, 6) is -2.78. The van der Waals surface area contributed by atoms with Crippen LogP contribution in [0.4, 0.5) is 5.13 Å². The van der Waals surface area contributed by atoms with E-state index in [0.717, 1.165) is 22.5 Å². The molecule has 2 aliphatic rings. The molecule has 1 aromatic heterocycles. The van der Waals surface area contributed by atoms with Gasteiger partial charge in [0, 0.05) is 5.75 Å². The predicted octanol–water partition coefficient (Wildman–Crippen LogP) is 3.07. The standard InChI is InChI=1S/C28H22N4O6S2/c1-2-16-14-39-26-20(31-24(35)22(34)19-13-29-28(40-19)30-15-33)25(36)32(26)21(16)27(37)38-23(17-9-5-3-6-10-17)18-11-7-4-8-12-18/h2-13,15,20,23,26H,1,14H2,(H,31,35)(H,29,30,33)/t20?,26-/m0/s1. The molecule has 0 spiro atoms. The van der Waals surface area contributed by atoms with Gasteiger partial charge in [-0.15, -0.1) is 11.8 Å². The van der Waals surface area contributed by atoms with Gasteiger partial charge in [-0.05, 0) is 16.7 Å². The molecule has 10 nitrogen and oxygen atoms in total. The van der Waals surface area contributed by atoms with Gasteiger partial charge in [-0.3, -0.25) is 24.1 Å². The lowest BCUT2D eigenvalue weighted by Crippen LogP contribution is -2.71. The van der Waals surface area contributed by atoms with E-state index >= 15 is 0 Å². The lowest BCUT2D eigenvalue weighted by molar-refractivity contribution is -0.154. The highest BCUT2D eigenvalue weighted by Crippen LogP contribution is 2.42. The van der Waals surface area contributed by atoms with E-state index in [-0.39, 0.29) is 15.7 Å². The summed E-state index contributed by atoms with van der Waals surface area (Å²) in [6.07, 6.45) is 2.37. The summed E-state index contributed by atoms with van der Waals surface area (Å²) in [4.78, 5) is 67.8. The predicted molar refractivity (Wildman–Crippen MR) is 149 cm³/mol. The van der Waals surface area contributed by atoms with E-state index in [4.69, 9.17) is 4.74 Å². The maximum absolute atomic E-state index is 13.6. The van der Waals surface area contributed by atoms with Crippen LogP contribution in [0.5, 0.6) is 0 Å². The summed E-state index contributed by atoms with van der Waals surface area (Å²) in [7, 11) is 0. The second kappa shape index (κ2) is 11.7. The van der Waals surface area contributed by atoms with Crippen molar-refractivity contribution in [3.8, 4) is 0 Å². The Kier molecular flexibility index (Phi) is 7.89. The number of carbonyl (C=O) groups excluding carboxylic acids is 5. The molecule has 12 heteroatoms. The van der Waals surface area contributed by atoms with Crippen molar-refractivity contribution in [2.24, 2.45) is 0 Å². The lowest BCUT2D eigenvalue weighted by Gasteiger charge is -2.49. The number of ketones is 1. The topological polar surface area (TPSA) is 135 Å². The van der Waals surface area contributed by atoms with E-state index in [1.807, 2.05) is 60.7 Å². The van der Waals surface area contributed by atoms with Crippen molar-refractivity contribution in [3.63, 3.8) is 0 Å². The Hall–Kier alpha value is -4.55. The summed E-state index contributed by atoms with van der Waals surface area (Å²) in [5, 5.41) is 4.33. The largest absolute Gasteiger partial charge is 0.448 e. The van der Waals surface area contributed by atoms with E-state index in [1.165, 1.54) is 28.9 Å². The molecular formula is C28H22N4O6S2. The Bertz CT molecular complexity index is 1480. The van der Waals surface area contributed by atoms with Gasteiger partial charge in [-0.25, -0.2) is 9.78 Å². The number of amides is 3. The Morgan fingerprint density at radius 3 is 2.33 bits per heavy atom. The molecule has 3 heterocycles. The quantitative estimate of drug-likeness (QED) is 0.124. The number of aromatic nitrogens is 1. The molecule has 0 radical (unpaired) electrons. The monoisotopic (exact) mass is 574 g/mol. The number of rotatable bonds is 10. The number of anilines is 1. The summed E-state index contributed by atoms with van der Waals surface area (Å²) in [5.41, 5.74) is 2.11. The first-order valence-corrected chi connectivity index (χ1v) is 13.9. The molecule has 202 valence electrons. The minimum absolute atomic E-state index is 0.00717. The van der Waals surface area contributed by atoms with Gasteiger partial charge >= 0.3 is 5.97 Å². The van der Waals surface area contributed by atoms with E-state index in [2.05, 4.69) is 22.2 Å². The smallest absolute Gasteiger partial charge is 0.356 e. The molecule has 0 bridgehead atoms. The lowest BCUT2D eigenvalue weighted by atomic mass is 10.0. The summed E-state index contributed by atoms with van der Waals surface area (Å²) in [6.45, 7) is 3.80. The number of thiazole rings is 1. The number of esters is 1. The van der Waals surface area contributed by atoms with Crippen molar-refractivity contribution in [2.75, 3.05) is 11.1 Å². The van der Waals surface area contributed by atoms with Crippen LogP contribution in [-0.4, -0.2) is 57.0 Å². The molecule has 0 saturated carbocycles. The second-order valence-electron chi connectivity index (χ2n) is 8.67. The fourth-order valence-electron chi connectivity index (χ4n) is 4.35. The average molecular weight is 575 g/mol. The summed E-state index contributed by atoms with van der Waals surface area (Å²) < 4.78 is 6.00. The average Bonchev–Trinajstić information content (AvgIpc) is 3.46. The van der Waals surface area contributed by atoms with E-state index in [0.29, 0.717) is 17.7 Å². The van der Waals surface area contributed by atoms with Crippen molar-refractivity contribution in [1.29, 1.82) is 0 Å². The van der Waals surface area contributed by atoms with Gasteiger partial charge in [-0.2, -0.15) is 0 Å². The Morgan fingerprint density at radius 1 is 1.07 bits per heavy atom. The minimum atomic E-state index is -1.02. The molecule has 1 unspecified atom stereocenters. The number of nitrogens with zero attached hydrogens (tertiary/aromatic N) is 2. The van der Waals surface area contributed by atoms with Crippen LogP contribution in [0.25, 0.3) is 0 Å². The number of β-lactam (4-membered cyclic amide) rings is 1. The second-order valence-corrected chi connectivity index (χ2v) is 10.8. The van der Waals surface area contributed by atoms with Crippen molar-refractivity contribution < 1.29 is 28.7 Å². The zero-order valence-corrected chi connectivity index (χ0v) is 22.4. The minimum Gasteiger partial charge on any atom is -0.448 e. The van der Waals surface area contributed by atoms with Gasteiger partial charge < -0.3 is 15.4 Å². The summed E-state index contributed by atoms with van der Waals surface area (Å²) >= 11 is 2.17. The van der Waals surface area contributed by atoms with Gasteiger partial charge in [0.25, 0.3) is 17.6 Å². The number of allylic oxidation sites excluding steroid dienone is 1. The zero-order valence-electron chi connectivity index (χ0n) is 20.8. The zero-order chi connectivity index (χ0) is 28.2. The number of Topliss-reactive ketones (excluding diaryl/α,β-unsaturated/α-hetero) is 1. The van der Waals surface area contributed by atoms with E-state index < -0.39 is 41.1 Å². The van der Waals surface area contributed by atoms with Gasteiger partial charge in [0.1, 0.15) is 22.0 Å². The third-order valence-electron chi connectivity index (χ3n) is 6.27. The van der Waals surface area contributed by atoms with Crippen LogP contribution in [0, 0.1) is 0 Å². The molecule has 5 rings (SSSR count). The maximum atomic E-state index is 13.6. The van der Waals surface area contributed by atoms with Crippen LogP contribution in [0.15, 0.2) is 90.8 Å². The molecule has 3 amide bonds. The molecular weight excluding hydrogens is 552 g/mol. The maximum Gasteiger partial charge on any atom is 0.356 e. The molecule has 2 aliphatic heterocycles. The van der Waals surface area contributed by atoms with Gasteiger partial charge in [0.05, 0.1) is 6.20 Å². The SMILES string of the molecule is C=CC1=C(C(=O)OC(c2ccccc2)c2ccccc2)N2C(=O)C(NC(=O)C(=O)c3cnc(NC=O)s3)[C@@H]2SC1. The first kappa shape index (κ1) is 27.0. The molecule has 1 saturated heterocycles. The van der Waals surface area contributed by atoms with Crippen molar-refractivity contribution in [1.82, 2.24) is 15.2 Å². The number of thioether (sulfide) groups is 1. The summed E-state index contributed by atoms with van der Waals surface area (Å²) in [6, 6.07) is 17.5. The van der Waals surface area contributed by atoms with Crippen LogP contribution < -0.4 is 10.6 Å². The van der Waals surface area contributed by atoms with Crippen LogP contribution in [0.3, 0.4) is 0 Å². The fraction of sp³-hybridized carbons (Fsp3) is 0.143. The molecule has 2 aromatic carbocycles. The van der Waals surface area contributed by atoms with Crippen LogP contribution in [-0.2, 0) is 23.9 Å². The van der Waals surface area contributed by atoms with Crippen molar-refractivity contribution in [3.05, 3.63) is 107 Å². The number of fused-ring (bicyclic) bond motifs is 1. The number of hydrogen-bond donors (Lipinski definition) is 2. The van der Waals surface area contributed by atoms with E-state index in [9.17, 15) is 24.0 Å². The fourth-order valence-corrected chi connectivity index (χ4v) is 6.40. The number of carbonyl (C=O) groups is 5. The molecule has 1 fully saturated rings. The highest BCUT2D eigenvalue weighted by atomic mass is 32.2. The van der Waals surface area contributed by atoms with Gasteiger partial charge in [0.2, 0.25) is 6.41 Å². The first-order valence-electron chi connectivity index (χ1n) is 12.0. The van der Waals surface area contributed by atoms with Crippen LogP contribution in [0.2, 0.25) is 0 Å².